The van der Waals surface area contributed by atoms with E-state index in [0.717, 1.165) is 22.6 Å². The maximum absolute atomic E-state index is 5.77. The molecule has 0 amide bonds. The quantitative estimate of drug-likeness (QED) is 0.878. The molecule has 0 bridgehead atoms. The van der Waals surface area contributed by atoms with E-state index in [9.17, 15) is 0 Å². The van der Waals surface area contributed by atoms with Gasteiger partial charge in [-0.2, -0.15) is 0 Å². The Morgan fingerprint density at radius 3 is 2.88 bits per heavy atom. The van der Waals surface area contributed by atoms with Crippen LogP contribution >= 0.6 is 0 Å². The van der Waals surface area contributed by atoms with E-state index < -0.39 is 0 Å². The smallest absolute Gasteiger partial charge is 0.130 e. The summed E-state index contributed by atoms with van der Waals surface area (Å²) < 4.78 is 5.46. The highest BCUT2D eigenvalue weighted by atomic mass is 16.5. The van der Waals surface area contributed by atoms with E-state index in [-0.39, 0.29) is 0 Å². The van der Waals surface area contributed by atoms with Gasteiger partial charge in [0.1, 0.15) is 17.9 Å². The van der Waals surface area contributed by atoms with Crippen LogP contribution in [0.4, 0.5) is 5.82 Å². The predicted octanol–water partition coefficient (Wildman–Crippen LogP) is 2.43. The Morgan fingerprint density at radius 1 is 1.29 bits per heavy atom. The molecule has 0 saturated carbocycles. The Morgan fingerprint density at radius 2 is 2.12 bits per heavy atom. The fourth-order valence-electron chi connectivity index (χ4n) is 1.65. The third-order valence-electron chi connectivity index (χ3n) is 2.54. The second-order valence-electron chi connectivity index (χ2n) is 3.69. The molecule has 4 heteroatoms. The number of hydrogen-bond acceptors (Lipinski definition) is 4. The lowest BCUT2D eigenvalue weighted by molar-refractivity contribution is 0.340. The van der Waals surface area contributed by atoms with Crippen LogP contribution in [-0.4, -0.2) is 16.6 Å². The summed E-state index contributed by atoms with van der Waals surface area (Å²) in [5.41, 5.74) is 8.50. The van der Waals surface area contributed by atoms with Gasteiger partial charge in [0.15, 0.2) is 0 Å². The normalized spacial score (nSPS) is 10.2. The summed E-state index contributed by atoms with van der Waals surface area (Å²) in [6, 6.07) is 7.81. The minimum absolute atomic E-state index is 0.511. The van der Waals surface area contributed by atoms with E-state index in [0.29, 0.717) is 12.4 Å². The number of nitrogens with zero attached hydrogens (tertiary/aromatic N) is 2. The number of ether oxygens (including phenoxy) is 1. The van der Waals surface area contributed by atoms with Gasteiger partial charge in [0.25, 0.3) is 0 Å². The maximum Gasteiger partial charge on any atom is 0.130 e. The number of aromatic nitrogens is 2. The zero-order valence-electron chi connectivity index (χ0n) is 9.97. The molecule has 0 radical (unpaired) electrons. The van der Waals surface area contributed by atoms with E-state index in [1.165, 1.54) is 6.33 Å². The third kappa shape index (κ3) is 2.36. The highest BCUT2D eigenvalue weighted by Crippen LogP contribution is 2.26. The molecule has 0 aliphatic heterocycles. The first kappa shape index (κ1) is 11.4. The first-order valence-corrected chi connectivity index (χ1v) is 5.52. The minimum atomic E-state index is 0.511. The van der Waals surface area contributed by atoms with Gasteiger partial charge in [-0.25, -0.2) is 9.97 Å². The van der Waals surface area contributed by atoms with Crippen molar-refractivity contribution in [3.8, 4) is 17.0 Å². The van der Waals surface area contributed by atoms with Gasteiger partial charge in [0.2, 0.25) is 0 Å². The van der Waals surface area contributed by atoms with Gasteiger partial charge in [-0.05, 0) is 26.0 Å². The van der Waals surface area contributed by atoms with Gasteiger partial charge >= 0.3 is 0 Å². The van der Waals surface area contributed by atoms with Crippen LogP contribution in [0.5, 0.6) is 5.75 Å². The summed E-state index contributed by atoms with van der Waals surface area (Å²) in [7, 11) is 0. The lowest BCUT2D eigenvalue weighted by Gasteiger charge is -2.08. The number of benzene rings is 1. The van der Waals surface area contributed by atoms with Crippen molar-refractivity contribution >= 4 is 5.82 Å². The second-order valence-corrected chi connectivity index (χ2v) is 3.69. The van der Waals surface area contributed by atoms with Crippen molar-refractivity contribution in [3.63, 3.8) is 0 Å². The first-order chi connectivity index (χ1) is 8.22. The van der Waals surface area contributed by atoms with Gasteiger partial charge in [-0.3, -0.25) is 0 Å². The van der Waals surface area contributed by atoms with Gasteiger partial charge in [0, 0.05) is 11.1 Å². The van der Waals surface area contributed by atoms with Gasteiger partial charge < -0.3 is 10.5 Å². The Balaban J connectivity index is 2.45. The average molecular weight is 229 g/mol. The van der Waals surface area contributed by atoms with E-state index in [4.69, 9.17) is 10.5 Å². The summed E-state index contributed by atoms with van der Waals surface area (Å²) in [4.78, 5) is 8.22. The van der Waals surface area contributed by atoms with Crippen molar-refractivity contribution in [3.05, 3.63) is 36.2 Å². The summed E-state index contributed by atoms with van der Waals surface area (Å²) in [5, 5.41) is 0. The molecule has 1 heterocycles. The lowest BCUT2D eigenvalue weighted by Crippen LogP contribution is -1.98. The fraction of sp³-hybridized carbons (Fsp3) is 0.231. The molecule has 0 saturated heterocycles. The van der Waals surface area contributed by atoms with Crippen molar-refractivity contribution in [1.82, 2.24) is 9.97 Å². The van der Waals surface area contributed by atoms with Gasteiger partial charge in [-0.15, -0.1) is 0 Å². The highest BCUT2D eigenvalue weighted by Gasteiger charge is 2.07. The van der Waals surface area contributed by atoms with Gasteiger partial charge in [0.05, 0.1) is 12.3 Å². The number of nitrogens with two attached hydrogens (primary N) is 1. The van der Waals surface area contributed by atoms with E-state index in [2.05, 4.69) is 9.97 Å². The van der Waals surface area contributed by atoms with Crippen molar-refractivity contribution in [2.45, 2.75) is 13.8 Å². The average Bonchev–Trinajstić information content (AvgIpc) is 2.33. The summed E-state index contributed by atoms with van der Waals surface area (Å²) >= 11 is 0. The maximum atomic E-state index is 5.77. The van der Waals surface area contributed by atoms with Crippen LogP contribution in [0, 0.1) is 6.92 Å². The Labute approximate surface area is 100 Å². The van der Waals surface area contributed by atoms with Crippen LogP contribution in [0.15, 0.2) is 30.6 Å². The number of nitrogen functional groups attached to an aromatic ring is 1. The molecule has 88 valence electrons. The molecule has 0 aliphatic rings. The Kier molecular flexibility index (Phi) is 3.23. The van der Waals surface area contributed by atoms with Crippen LogP contribution in [0.25, 0.3) is 11.3 Å². The molecule has 0 unspecified atom stereocenters. The lowest BCUT2D eigenvalue weighted by atomic mass is 10.1. The van der Waals surface area contributed by atoms with Crippen molar-refractivity contribution in [2.75, 3.05) is 12.3 Å². The molecule has 2 N–H and O–H groups in total. The molecule has 0 fully saturated rings. The van der Waals surface area contributed by atoms with Crippen LogP contribution in [0.1, 0.15) is 12.5 Å². The molecule has 17 heavy (non-hydrogen) atoms. The standard InChI is InChI=1S/C13H15N3O/c1-3-17-11-6-4-5-10(7-11)12-9(2)13(14)16-8-15-12/h4-8H,3H2,1-2H3,(H2,14,15,16). The zero-order chi connectivity index (χ0) is 12.3. The van der Waals surface area contributed by atoms with E-state index in [1.54, 1.807) is 0 Å². The van der Waals surface area contributed by atoms with Crippen LogP contribution in [-0.2, 0) is 0 Å². The van der Waals surface area contributed by atoms with Crippen LogP contribution in [0.3, 0.4) is 0 Å². The first-order valence-electron chi connectivity index (χ1n) is 5.52. The highest BCUT2D eigenvalue weighted by molar-refractivity contribution is 5.67. The summed E-state index contributed by atoms with van der Waals surface area (Å²) in [6.07, 6.45) is 1.48. The van der Waals surface area contributed by atoms with Crippen LogP contribution < -0.4 is 10.5 Å². The largest absolute Gasteiger partial charge is 0.494 e. The summed E-state index contributed by atoms with van der Waals surface area (Å²) in [6.45, 7) is 4.52. The second kappa shape index (κ2) is 4.82. The monoisotopic (exact) mass is 229 g/mol. The molecule has 0 atom stereocenters. The van der Waals surface area contributed by atoms with Crippen LogP contribution in [0.2, 0.25) is 0 Å². The van der Waals surface area contributed by atoms with Crippen molar-refractivity contribution in [2.24, 2.45) is 0 Å². The molecule has 2 rings (SSSR count). The molecule has 0 spiro atoms. The van der Waals surface area contributed by atoms with E-state index >= 15 is 0 Å². The topological polar surface area (TPSA) is 61.0 Å². The molecule has 0 aliphatic carbocycles. The fourth-order valence-corrected chi connectivity index (χ4v) is 1.65. The van der Waals surface area contributed by atoms with Crippen molar-refractivity contribution in [1.29, 1.82) is 0 Å². The Hall–Kier alpha value is -2.10. The number of hydrogen-bond donors (Lipinski definition) is 1. The SMILES string of the molecule is CCOc1cccc(-c2ncnc(N)c2C)c1. The number of rotatable bonds is 3. The summed E-state index contributed by atoms with van der Waals surface area (Å²) in [5.74, 6) is 1.35. The Bertz CT molecular complexity index is 526. The minimum Gasteiger partial charge on any atom is -0.494 e. The molecule has 1 aromatic carbocycles. The molecule has 2 aromatic rings. The molecule has 4 nitrogen and oxygen atoms in total. The zero-order valence-corrected chi connectivity index (χ0v) is 9.97. The predicted molar refractivity (Wildman–Crippen MR) is 67.8 cm³/mol. The molecular formula is C13H15N3O. The van der Waals surface area contributed by atoms with E-state index in [1.807, 2.05) is 38.1 Å². The van der Waals surface area contributed by atoms with Crippen molar-refractivity contribution < 1.29 is 4.74 Å². The molecular weight excluding hydrogens is 214 g/mol. The third-order valence-corrected chi connectivity index (χ3v) is 2.54. The number of anilines is 1. The van der Waals surface area contributed by atoms with Gasteiger partial charge in [-0.1, -0.05) is 12.1 Å². The molecule has 1 aromatic heterocycles.